The summed E-state index contributed by atoms with van der Waals surface area (Å²) in [6.07, 6.45) is 3.73. The molecule has 1 N–H and O–H groups in total. The van der Waals surface area contributed by atoms with Crippen LogP contribution in [0.4, 0.5) is 5.69 Å². The van der Waals surface area contributed by atoms with E-state index in [9.17, 15) is 14.4 Å². The van der Waals surface area contributed by atoms with E-state index in [0.717, 1.165) is 16.7 Å². The molecule has 0 unspecified atom stereocenters. The Morgan fingerprint density at radius 1 is 0.949 bits per heavy atom. The van der Waals surface area contributed by atoms with E-state index < -0.39 is 29.8 Å². The standard InChI is InChI=1S/C30H26ClN3O5/c1-38-20-10-7-17(8-11-20)16-34-29(36)24-25(30(34)37)27(28(35)32-22-15-19(31)9-12-23(22)39-2)33-14-13-18-5-3-4-6-21(18)26(24)33/h3-15,24-27H,16H2,1-2H3,(H,32,35)/t24-,25+,26+,27+/m0/s1. The Labute approximate surface area is 230 Å². The lowest BCUT2D eigenvalue weighted by atomic mass is 9.84. The van der Waals surface area contributed by atoms with E-state index in [1.165, 1.54) is 12.0 Å². The predicted octanol–water partition coefficient (Wildman–Crippen LogP) is 4.51. The number of imide groups is 1. The third kappa shape index (κ3) is 4.12. The molecule has 0 bridgehead atoms. The Morgan fingerprint density at radius 3 is 2.44 bits per heavy atom. The van der Waals surface area contributed by atoms with Crippen molar-refractivity contribution in [2.24, 2.45) is 11.8 Å². The van der Waals surface area contributed by atoms with Crippen molar-refractivity contribution in [3.63, 3.8) is 0 Å². The Bertz CT molecular complexity index is 1500. The number of rotatable bonds is 6. The fourth-order valence-electron chi connectivity index (χ4n) is 5.97. The van der Waals surface area contributed by atoms with Crippen LogP contribution in [0.15, 0.2) is 72.9 Å². The summed E-state index contributed by atoms with van der Waals surface area (Å²) in [4.78, 5) is 44.9. The summed E-state index contributed by atoms with van der Waals surface area (Å²) < 4.78 is 10.6. The van der Waals surface area contributed by atoms with E-state index in [-0.39, 0.29) is 18.4 Å². The molecule has 6 rings (SSSR count). The summed E-state index contributed by atoms with van der Waals surface area (Å²) in [5, 5.41) is 3.34. The van der Waals surface area contributed by atoms with Gasteiger partial charge in [0.05, 0.1) is 44.3 Å². The molecular weight excluding hydrogens is 518 g/mol. The molecule has 3 amide bonds. The lowest BCUT2D eigenvalue weighted by Crippen LogP contribution is -2.46. The number of methoxy groups -OCH3 is 2. The molecular formula is C30H26ClN3O5. The molecule has 2 saturated heterocycles. The molecule has 39 heavy (non-hydrogen) atoms. The van der Waals surface area contributed by atoms with Gasteiger partial charge in [-0.2, -0.15) is 0 Å². The summed E-state index contributed by atoms with van der Waals surface area (Å²) in [6, 6.07) is 18.6. The Kier molecular flexibility index (Phi) is 6.27. The van der Waals surface area contributed by atoms with Gasteiger partial charge in [0.15, 0.2) is 0 Å². The van der Waals surface area contributed by atoms with Gasteiger partial charge in [0.1, 0.15) is 17.5 Å². The number of halogens is 1. The van der Waals surface area contributed by atoms with Gasteiger partial charge >= 0.3 is 0 Å². The van der Waals surface area contributed by atoms with Crippen molar-refractivity contribution in [1.29, 1.82) is 0 Å². The molecule has 3 aromatic carbocycles. The maximum absolute atomic E-state index is 13.9. The van der Waals surface area contributed by atoms with Gasteiger partial charge in [-0.15, -0.1) is 0 Å². The van der Waals surface area contributed by atoms with Crippen LogP contribution in [0, 0.1) is 11.8 Å². The topological polar surface area (TPSA) is 88.2 Å². The van der Waals surface area contributed by atoms with Crippen LogP contribution >= 0.6 is 11.6 Å². The van der Waals surface area contributed by atoms with Crippen molar-refractivity contribution in [2.45, 2.75) is 18.6 Å². The molecule has 0 spiro atoms. The van der Waals surface area contributed by atoms with Crippen molar-refractivity contribution in [3.05, 3.63) is 94.6 Å². The molecule has 0 aromatic heterocycles. The van der Waals surface area contributed by atoms with Gasteiger partial charge in [-0.05, 0) is 53.1 Å². The van der Waals surface area contributed by atoms with Crippen molar-refractivity contribution < 1.29 is 23.9 Å². The zero-order chi connectivity index (χ0) is 27.3. The highest BCUT2D eigenvalue weighted by Crippen LogP contribution is 2.53. The number of carbonyl (C=O) groups is 3. The smallest absolute Gasteiger partial charge is 0.248 e. The molecule has 3 aliphatic heterocycles. The minimum absolute atomic E-state index is 0.120. The SMILES string of the molecule is COc1ccc(CN2C(=O)[C@@H]3[C@H](C2=O)[C@H]2c4ccccc4C=CN2[C@H]3C(=O)Nc2cc(Cl)ccc2OC)cc1. The number of carbonyl (C=O) groups excluding carboxylic acids is 3. The Balaban J connectivity index is 1.38. The highest BCUT2D eigenvalue weighted by Gasteiger charge is 2.64. The quantitative estimate of drug-likeness (QED) is 0.460. The molecule has 8 nitrogen and oxygen atoms in total. The van der Waals surface area contributed by atoms with Gasteiger partial charge < -0.3 is 19.7 Å². The third-order valence-corrected chi connectivity index (χ3v) is 7.98. The number of hydrogen-bond acceptors (Lipinski definition) is 6. The number of ether oxygens (including phenoxy) is 2. The first-order valence-electron chi connectivity index (χ1n) is 12.6. The van der Waals surface area contributed by atoms with Crippen LogP contribution in [0.2, 0.25) is 5.02 Å². The summed E-state index contributed by atoms with van der Waals surface area (Å²) in [5.41, 5.74) is 3.06. The largest absolute Gasteiger partial charge is 0.497 e. The number of amides is 3. The van der Waals surface area contributed by atoms with E-state index in [1.807, 2.05) is 53.6 Å². The minimum atomic E-state index is -0.911. The number of anilines is 1. The third-order valence-electron chi connectivity index (χ3n) is 7.74. The van der Waals surface area contributed by atoms with E-state index in [2.05, 4.69) is 5.32 Å². The zero-order valence-electron chi connectivity index (χ0n) is 21.3. The van der Waals surface area contributed by atoms with Gasteiger partial charge in [0.2, 0.25) is 17.7 Å². The van der Waals surface area contributed by atoms with Crippen LogP contribution in [0.1, 0.15) is 22.7 Å². The first-order chi connectivity index (χ1) is 18.9. The predicted molar refractivity (Wildman–Crippen MR) is 146 cm³/mol. The van der Waals surface area contributed by atoms with Crippen LogP contribution in [0.25, 0.3) is 6.08 Å². The van der Waals surface area contributed by atoms with Gasteiger partial charge in [-0.1, -0.05) is 48.0 Å². The number of nitrogens with one attached hydrogen (secondary N) is 1. The maximum atomic E-state index is 13.9. The molecule has 3 aliphatic rings. The van der Waals surface area contributed by atoms with Crippen molar-refractivity contribution in [3.8, 4) is 11.5 Å². The normalized spacial score (nSPS) is 22.8. The Morgan fingerprint density at radius 2 is 1.69 bits per heavy atom. The summed E-state index contributed by atoms with van der Waals surface area (Å²) in [7, 11) is 3.08. The molecule has 0 saturated carbocycles. The second-order valence-corrected chi connectivity index (χ2v) is 10.2. The highest BCUT2D eigenvalue weighted by molar-refractivity contribution is 6.31. The number of likely N-dealkylation sites (tertiary alicyclic amines) is 1. The van der Waals surface area contributed by atoms with E-state index in [0.29, 0.717) is 22.2 Å². The molecule has 198 valence electrons. The lowest BCUT2D eigenvalue weighted by molar-refractivity contribution is -0.143. The number of nitrogens with zero attached hydrogens (tertiary/aromatic N) is 2. The monoisotopic (exact) mass is 543 g/mol. The summed E-state index contributed by atoms with van der Waals surface area (Å²) >= 11 is 6.19. The second kappa shape index (κ2) is 9.78. The minimum Gasteiger partial charge on any atom is -0.497 e. The fourth-order valence-corrected chi connectivity index (χ4v) is 6.14. The Hall–Kier alpha value is -4.30. The van der Waals surface area contributed by atoms with Gasteiger partial charge in [0.25, 0.3) is 0 Å². The van der Waals surface area contributed by atoms with Crippen LogP contribution in [-0.4, -0.2) is 47.8 Å². The highest BCUT2D eigenvalue weighted by atomic mass is 35.5. The molecule has 3 heterocycles. The van der Waals surface area contributed by atoms with Gasteiger partial charge in [-0.25, -0.2) is 0 Å². The fraction of sp³-hybridized carbons (Fsp3) is 0.233. The van der Waals surface area contributed by atoms with Gasteiger partial charge in [0, 0.05) is 11.2 Å². The van der Waals surface area contributed by atoms with E-state index in [4.69, 9.17) is 21.1 Å². The zero-order valence-corrected chi connectivity index (χ0v) is 22.1. The first kappa shape index (κ1) is 25.0. The van der Waals surface area contributed by atoms with Crippen LogP contribution in [0.3, 0.4) is 0 Å². The molecule has 9 heteroatoms. The average molecular weight is 544 g/mol. The number of hydrogen-bond donors (Lipinski definition) is 1. The number of benzene rings is 3. The average Bonchev–Trinajstić information content (AvgIpc) is 3.42. The first-order valence-corrected chi connectivity index (χ1v) is 13.0. The molecule has 2 fully saturated rings. The van der Waals surface area contributed by atoms with Gasteiger partial charge in [-0.3, -0.25) is 19.3 Å². The van der Waals surface area contributed by atoms with E-state index >= 15 is 0 Å². The van der Waals surface area contributed by atoms with Crippen molar-refractivity contribution in [2.75, 3.05) is 19.5 Å². The van der Waals surface area contributed by atoms with Crippen LogP contribution < -0.4 is 14.8 Å². The lowest BCUT2D eigenvalue weighted by Gasteiger charge is -2.35. The van der Waals surface area contributed by atoms with E-state index in [1.54, 1.807) is 37.4 Å². The van der Waals surface area contributed by atoms with Crippen LogP contribution in [-0.2, 0) is 20.9 Å². The molecule has 0 aliphatic carbocycles. The van der Waals surface area contributed by atoms with Crippen LogP contribution in [0.5, 0.6) is 11.5 Å². The maximum Gasteiger partial charge on any atom is 0.248 e. The van der Waals surface area contributed by atoms with Crippen molar-refractivity contribution >= 4 is 41.1 Å². The number of fused-ring (bicyclic) bond motifs is 5. The van der Waals surface area contributed by atoms with Crippen molar-refractivity contribution in [1.82, 2.24) is 9.80 Å². The molecule has 0 radical (unpaired) electrons. The molecule has 4 atom stereocenters. The second-order valence-electron chi connectivity index (χ2n) is 9.78. The summed E-state index contributed by atoms with van der Waals surface area (Å²) in [5.74, 6) is -1.50. The molecule has 3 aromatic rings. The summed E-state index contributed by atoms with van der Waals surface area (Å²) in [6.45, 7) is 0.120.